The van der Waals surface area contributed by atoms with Crippen molar-refractivity contribution >= 4 is 6.91 Å². The summed E-state index contributed by atoms with van der Waals surface area (Å²) in [6.45, 7) is 1.89. The van der Waals surface area contributed by atoms with Crippen molar-refractivity contribution in [3.63, 3.8) is 0 Å². The van der Waals surface area contributed by atoms with Gasteiger partial charge < -0.3 is 0 Å². The zero-order valence-electron chi connectivity index (χ0n) is 9.44. The first-order valence-corrected chi connectivity index (χ1v) is 5.13. The van der Waals surface area contributed by atoms with E-state index >= 15 is 0 Å². The number of methoxy groups -OCH3 is 2. The van der Waals surface area contributed by atoms with Gasteiger partial charge in [-0.3, -0.25) is 0 Å². The second kappa shape index (κ2) is 4.84. The van der Waals surface area contributed by atoms with Crippen LogP contribution in [0.5, 0.6) is 11.4 Å². The van der Waals surface area contributed by atoms with E-state index in [4.69, 9.17) is 9.47 Å². The first-order chi connectivity index (χ1) is 7.86. The third-order valence-corrected chi connectivity index (χ3v) is 2.49. The molecule has 0 spiro atoms. The molecule has 2 nitrogen and oxygen atoms in total. The number of hydrogen-bond donors (Lipinski definition) is 0. The van der Waals surface area contributed by atoms with Crippen LogP contribution >= 0.6 is 0 Å². The maximum atomic E-state index is 5.40. The van der Waals surface area contributed by atoms with Crippen molar-refractivity contribution in [1.29, 1.82) is 0 Å². The summed E-state index contributed by atoms with van der Waals surface area (Å²) in [6.07, 6.45) is 0. The van der Waals surface area contributed by atoms with Gasteiger partial charge in [0.25, 0.3) is 0 Å². The predicted molar refractivity (Wildman–Crippen MR) is 66.3 cm³/mol. The summed E-state index contributed by atoms with van der Waals surface area (Å²) < 4.78 is 10.7. The summed E-state index contributed by atoms with van der Waals surface area (Å²) >= 11 is 0. The molecule has 0 amide bonds. The number of rotatable bonds is 3. The van der Waals surface area contributed by atoms with Gasteiger partial charge in [-0.05, 0) is 0 Å². The van der Waals surface area contributed by atoms with Crippen LogP contribution < -0.4 is 9.47 Å². The van der Waals surface area contributed by atoms with E-state index in [1.54, 1.807) is 14.2 Å². The van der Waals surface area contributed by atoms with Gasteiger partial charge in [-0.15, -0.1) is 0 Å². The fraction of sp³-hybridized carbons (Fsp3) is 0.154. The van der Waals surface area contributed by atoms with Crippen LogP contribution in [0.3, 0.4) is 0 Å². The van der Waals surface area contributed by atoms with Gasteiger partial charge in [0.1, 0.15) is 0 Å². The Bertz CT molecular complexity index is 469. The molecule has 16 heavy (non-hydrogen) atoms. The second-order valence-electron chi connectivity index (χ2n) is 3.41. The van der Waals surface area contributed by atoms with Gasteiger partial charge in [-0.2, -0.15) is 0 Å². The first kappa shape index (κ1) is 10.7. The van der Waals surface area contributed by atoms with Crippen molar-refractivity contribution in [3.8, 4) is 22.5 Å². The van der Waals surface area contributed by atoms with Crippen molar-refractivity contribution in [2.24, 2.45) is 0 Å². The molecule has 0 bridgehead atoms. The van der Waals surface area contributed by atoms with Crippen LogP contribution in [0.2, 0.25) is 0 Å². The Kier molecular flexibility index (Phi) is 3.25. The average molecular weight is 212 g/mol. The molecule has 1 heterocycles. The van der Waals surface area contributed by atoms with Gasteiger partial charge >= 0.3 is 95.5 Å². The van der Waals surface area contributed by atoms with Gasteiger partial charge in [-0.1, -0.05) is 0 Å². The Hall–Kier alpha value is -1.77. The average Bonchev–Trinajstić information content (AvgIpc) is 2.38. The van der Waals surface area contributed by atoms with Gasteiger partial charge in [0.2, 0.25) is 0 Å². The third kappa shape index (κ3) is 1.94. The molecule has 2 rings (SSSR count). The molecule has 0 saturated carbocycles. The Morgan fingerprint density at radius 3 is 2.31 bits per heavy atom. The van der Waals surface area contributed by atoms with Gasteiger partial charge in [-0.25, -0.2) is 0 Å². The molecule has 0 fully saturated rings. The van der Waals surface area contributed by atoms with Crippen molar-refractivity contribution in [2.45, 2.75) is 0 Å². The second-order valence-corrected chi connectivity index (χ2v) is 3.41. The van der Waals surface area contributed by atoms with Crippen LogP contribution in [0, 0.1) is 0 Å². The molecule has 0 radical (unpaired) electrons. The number of ether oxygens (including phenoxy) is 2. The van der Waals surface area contributed by atoms with E-state index in [9.17, 15) is 0 Å². The fourth-order valence-electron chi connectivity index (χ4n) is 1.73. The Balaban J connectivity index is 2.57. The zero-order valence-corrected chi connectivity index (χ0v) is 9.44. The van der Waals surface area contributed by atoms with Crippen LogP contribution in [0.25, 0.3) is 11.1 Å². The molecular weight excluding hydrogens is 199 g/mol. The summed E-state index contributed by atoms with van der Waals surface area (Å²) in [6, 6.07) is 12.1. The molecule has 0 atom stereocenters. The van der Waals surface area contributed by atoms with Crippen LogP contribution in [0.1, 0.15) is 0 Å². The Labute approximate surface area is 96.0 Å². The van der Waals surface area contributed by atoms with E-state index in [1.807, 2.05) is 37.1 Å². The van der Waals surface area contributed by atoms with E-state index in [0.29, 0.717) is 0 Å². The van der Waals surface area contributed by atoms with Crippen molar-refractivity contribution in [1.82, 2.24) is 0 Å². The Morgan fingerprint density at radius 2 is 1.69 bits per heavy atom. The fourth-order valence-corrected chi connectivity index (χ4v) is 1.73. The molecule has 80 valence electrons. The molecule has 0 unspecified atom stereocenters. The monoisotopic (exact) mass is 212 g/mol. The minimum absolute atomic E-state index is 0.754. The van der Waals surface area contributed by atoms with Crippen LogP contribution in [0.15, 0.2) is 42.4 Å². The molecule has 0 aliphatic carbocycles. The van der Waals surface area contributed by atoms with Crippen molar-refractivity contribution in [2.75, 3.05) is 14.2 Å². The molecule has 2 aromatic rings. The van der Waals surface area contributed by atoms with E-state index in [1.165, 1.54) is 0 Å². The third-order valence-electron chi connectivity index (χ3n) is 2.49. The quantitative estimate of drug-likeness (QED) is 0.778. The molecular formula is C13H13BO2. The standard InChI is InChI=1S/C13H13BO2/c1-15-12-11(8-9-14-13(12)16-2)10-6-4-3-5-7-10/h3-9H,1-2H3. The normalized spacial score (nSPS) is 9.62. The van der Waals surface area contributed by atoms with E-state index in [2.05, 4.69) is 12.1 Å². The summed E-state index contributed by atoms with van der Waals surface area (Å²) in [5.41, 5.74) is 2.92. The molecule has 1 aromatic heterocycles. The molecule has 0 saturated heterocycles. The summed E-state index contributed by atoms with van der Waals surface area (Å²) in [5, 5.41) is 0. The SMILES string of the molecule is COc1bccc(-c2ccccc2)c1OC. The van der Waals surface area contributed by atoms with E-state index in [-0.39, 0.29) is 0 Å². The molecule has 0 N–H and O–H groups in total. The summed E-state index contributed by atoms with van der Waals surface area (Å²) in [7, 11) is 3.30. The van der Waals surface area contributed by atoms with Gasteiger partial charge in [0.05, 0.1) is 0 Å². The van der Waals surface area contributed by atoms with Crippen LogP contribution in [-0.2, 0) is 0 Å². The molecule has 1 aromatic carbocycles. The predicted octanol–water partition coefficient (Wildman–Crippen LogP) is 2.71. The maximum absolute atomic E-state index is 5.40. The topological polar surface area (TPSA) is 18.5 Å². The number of hydrogen-bond acceptors (Lipinski definition) is 2. The summed E-state index contributed by atoms with van der Waals surface area (Å²) in [5.74, 6) is 2.74. The van der Waals surface area contributed by atoms with Gasteiger partial charge in [0.15, 0.2) is 0 Å². The molecule has 0 aliphatic rings. The minimum atomic E-state index is 0.754. The zero-order chi connectivity index (χ0) is 11.4. The molecule has 0 aliphatic heterocycles. The Morgan fingerprint density at radius 1 is 0.938 bits per heavy atom. The van der Waals surface area contributed by atoms with E-state index in [0.717, 1.165) is 22.5 Å². The van der Waals surface area contributed by atoms with E-state index < -0.39 is 0 Å². The number of benzene rings is 1. The van der Waals surface area contributed by atoms with Gasteiger partial charge in [0, 0.05) is 0 Å². The van der Waals surface area contributed by atoms with Crippen molar-refractivity contribution < 1.29 is 9.47 Å². The van der Waals surface area contributed by atoms with Crippen LogP contribution in [0.4, 0.5) is 0 Å². The van der Waals surface area contributed by atoms with Crippen LogP contribution in [-0.4, -0.2) is 21.1 Å². The summed E-state index contributed by atoms with van der Waals surface area (Å²) in [4.78, 5) is 0. The van der Waals surface area contributed by atoms with Crippen molar-refractivity contribution in [3.05, 3.63) is 42.4 Å². The first-order valence-electron chi connectivity index (χ1n) is 5.13. The molecule has 3 heteroatoms.